The van der Waals surface area contributed by atoms with Gasteiger partial charge >= 0.3 is 0 Å². The maximum absolute atomic E-state index is 12.4. The van der Waals surface area contributed by atoms with Gasteiger partial charge < -0.3 is 16.8 Å². The highest BCUT2D eigenvalue weighted by molar-refractivity contribution is 5.80. The Labute approximate surface area is 120 Å². The van der Waals surface area contributed by atoms with E-state index >= 15 is 0 Å². The van der Waals surface area contributed by atoms with Crippen molar-refractivity contribution in [2.45, 2.75) is 69.9 Å². The zero-order valence-electron chi connectivity index (χ0n) is 12.4. The van der Waals surface area contributed by atoms with E-state index in [4.69, 9.17) is 11.5 Å². The summed E-state index contributed by atoms with van der Waals surface area (Å²) in [5.41, 5.74) is 11.2. The summed E-state index contributed by atoms with van der Waals surface area (Å²) in [7, 11) is 0. The van der Waals surface area contributed by atoms with Crippen molar-refractivity contribution in [1.29, 1.82) is 0 Å². The third-order valence-corrected chi connectivity index (χ3v) is 5.05. The molecule has 2 saturated carbocycles. The van der Waals surface area contributed by atoms with Crippen LogP contribution in [0, 0.1) is 11.8 Å². The van der Waals surface area contributed by atoms with Crippen LogP contribution in [0.5, 0.6) is 0 Å². The zero-order valence-corrected chi connectivity index (χ0v) is 12.4. The molecule has 0 aromatic heterocycles. The molecule has 0 bridgehead atoms. The smallest absolute Gasteiger partial charge is 0.225 e. The molecular weight excluding hydrogens is 254 g/mol. The lowest BCUT2D eigenvalue weighted by Crippen LogP contribution is -2.54. The van der Waals surface area contributed by atoms with Crippen LogP contribution < -0.4 is 16.8 Å². The number of rotatable bonds is 3. The lowest BCUT2D eigenvalue weighted by atomic mass is 9.74. The molecular formula is C15H27N3O2. The highest BCUT2D eigenvalue weighted by atomic mass is 16.2. The second kappa shape index (κ2) is 6.12. The number of nitrogens with two attached hydrogens (primary N) is 2. The van der Waals surface area contributed by atoms with Crippen LogP contribution in [0.25, 0.3) is 0 Å². The fourth-order valence-corrected chi connectivity index (χ4v) is 3.61. The van der Waals surface area contributed by atoms with Crippen LogP contribution in [0.15, 0.2) is 0 Å². The minimum Gasteiger partial charge on any atom is -0.369 e. The number of nitrogens with one attached hydrogen (secondary N) is 1. The molecule has 2 amide bonds. The Bertz CT molecular complexity index is 373. The lowest BCUT2D eigenvalue weighted by molar-refractivity contribution is -0.129. The second-order valence-corrected chi connectivity index (χ2v) is 6.76. The van der Waals surface area contributed by atoms with Crippen LogP contribution in [-0.4, -0.2) is 23.4 Å². The molecule has 2 aliphatic rings. The first-order valence-electron chi connectivity index (χ1n) is 7.79. The topological polar surface area (TPSA) is 98.2 Å². The van der Waals surface area contributed by atoms with E-state index in [9.17, 15) is 9.59 Å². The minimum atomic E-state index is -0.382. The van der Waals surface area contributed by atoms with Crippen LogP contribution in [-0.2, 0) is 9.59 Å². The number of primary amides is 1. The largest absolute Gasteiger partial charge is 0.369 e. The van der Waals surface area contributed by atoms with Crippen molar-refractivity contribution in [1.82, 2.24) is 5.32 Å². The maximum Gasteiger partial charge on any atom is 0.225 e. The third kappa shape index (κ3) is 3.51. The van der Waals surface area contributed by atoms with E-state index in [0.29, 0.717) is 0 Å². The first-order chi connectivity index (χ1) is 9.40. The Kier molecular flexibility index (Phi) is 4.68. The number of hydrogen-bond acceptors (Lipinski definition) is 3. The van der Waals surface area contributed by atoms with Crippen LogP contribution >= 0.6 is 0 Å². The average molecular weight is 281 g/mol. The molecule has 0 aromatic carbocycles. The van der Waals surface area contributed by atoms with Gasteiger partial charge in [-0.15, -0.1) is 0 Å². The predicted molar refractivity (Wildman–Crippen MR) is 77.6 cm³/mol. The zero-order chi connectivity index (χ0) is 14.8. The van der Waals surface area contributed by atoms with Gasteiger partial charge in [-0.3, -0.25) is 9.59 Å². The van der Waals surface area contributed by atoms with E-state index < -0.39 is 0 Å². The SMILES string of the molecule is CC1(N)CCCCC1C(=O)NC1CCC(C(N)=O)CC1. The Morgan fingerprint density at radius 1 is 1.10 bits per heavy atom. The van der Waals surface area contributed by atoms with Gasteiger partial charge in [-0.2, -0.15) is 0 Å². The van der Waals surface area contributed by atoms with Crippen molar-refractivity contribution < 1.29 is 9.59 Å². The molecule has 5 nitrogen and oxygen atoms in total. The Hall–Kier alpha value is -1.10. The highest BCUT2D eigenvalue weighted by Gasteiger charge is 2.38. The number of hydrogen-bond donors (Lipinski definition) is 3. The minimum absolute atomic E-state index is 0.0161. The molecule has 0 radical (unpaired) electrons. The van der Waals surface area contributed by atoms with Crippen LogP contribution in [0.3, 0.4) is 0 Å². The molecule has 0 aromatic rings. The van der Waals surface area contributed by atoms with Gasteiger partial charge in [0, 0.05) is 17.5 Å². The van der Waals surface area contributed by atoms with Crippen molar-refractivity contribution in [3.05, 3.63) is 0 Å². The van der Waals surface area contributed by atoms with Gasteiger partial charge in [-0.05, 0) is 45.4 Å². The fourth-order valence-electron chi connectivity index (χ4n) is 3.61. The van der Waals surface area contributed by atoms with Crippen LogP contribution in [0.1, 0.15) is 58.3 Å². The normalized spacial score (nSPS) is 38.2. The highest BCUT2D eigenvalue weighted by Crippen LogP contribution is 2.32. The third-order valence-electron chi connectivity index (χ3n) is 5.05. The first kappa shape index (κ1) is 15.3. The summed E-state index contributed by atoms with van der Waals surface area (Å²) in [5.74, 6) is -0.212. The molecule has 5 N–H and O–H groups in total. The van der Waals surface area contributed by atoms with Gasteiger partial charge in [0.25, 0.3) is 0 Å². The molecule has 114 valence electrons. The van der Waals surface area contributed by atoms with Crippen molar-refractivity contribution >= 4 is 11.8 Å². The second-order valence-electron chi connectivity index (χ2n) is 6.76. The van der Waals surface area contributed by atoms with Gasteiger partial charge in [0.2, 0.25) is 11.8 Å². The molecule has 5 heteroatoms. The molecule has 2 atom stereocenters. The lowest BCUT2D eigenvalue weighted by Gasteiger charge is -2.38. The average Bonchev–Trinajstić information content (AvgIpc) is 2.38. The van der Waals surface area contributed by atoms with Gasteiger partial charge in [-0.1, -0.05) is 12.8 Å². The quantitative estimate of drug-likeness (QED) is 0.721. The van der Waals surface area contributed by atoms with E-state index in [1.165, 1.54) is 0 Å². The van der Waals surface area contributed by atoms with Crippen molar-refractivity contribution in [2.75, 3.05) is 0 Å². The standard InChI is InChI=1S/C15H27N3O2/c1-15(17)9-3-2-4-12(15)14(20)18-11-7-5-10(6-8-11)13(16)19/h10-12H,2-9,17H2,1H3,(H2,16,19)(H,18,20). The Balaban J connectivity index is 1.84. The summed E-state index contributed by atoms with van der Waals surface area (Å²) in [4.78, 5) is 23.5. The Morgan fingerprint density at radius 3 is 2.30 bits per heavy atom. The van der Waals surface area contributed by atoms with Crippen molar-refractivity contribution in [2.24, 2.45) is 23.3 Å². The molecule has 2 fully saturated rings. The summed E-state index contributed by atoms with van der Waals surface area (Å²) < 4.78 is 0. The summed E-state index contributed by atoms with van der Waals surface area (Å²) >= 11 is 0. The van der Waals surface area contributed by atoms with Crippen molar-refractivity contribution in [3.63, 3.8) is 0 Å². The maximum atomic E-state index is 12.4. The first-order valence-corrected chi connectivity index (χ1v) is 7.79. The molecule has 0 aliphatic heterocycles. The van der Waals surface area contributed by atoms with Gasteiger partial charge in [0.1, 0.15) is 0 Å². The molecule has 2 rings (SSSR count). The molecule has 0 saturated heterocycles. The van der Waals surface area contributed by atoms with Crippen LogP contribution in [0.2, 0.25) is 0 Å². The summed E-state index contributed by atoms with van der Waals surface area (Å²) in [5, 5.41) is 3.13. The van der Waals surface area contributed by atoms with E-state index in [2.05, 4.69) is 5.32 Å². The molecule has 20 heavy (non-hydrogen) atoms. The summed E-state index contributed by atoms with van der Waals surface area (Å²) in [6, 6.07) is 0.177. The van der Waals surface area contributed by atoms with E-state index in [1.54, 1.807) is 0 Å². The molecule has 2 aliphatic carbocycles. The molecule has 0 spiro atoms. The molecule has 0 heterocycles. The van der Waals surface area contributed by atoms with Gasteiger partial charge in [0.15, 0.2) is 0 Å². The van der Waals surface area contributed by atoms with Crippen LogP contribution in [0.4, 0.5) is 0 Å². The summed E-state index contributed by atoms with van der Waals surface area (Å²) in [6.07, 6.45) is 7.24. The predicted octanol–water partition coefficient (Wildman–Crippen LogP) is 1.05. The van der Waals surface area contributed by atoms with E-state index in [-0.39, 0.29) is 35.2 Å². The monoisotopic (exact) mass is 281 g/mol. The summed E-state index contributed by atoms with van der Waals surface area (Å²) in [6.45, 7) is 1.99. The number of amides is 2. The Morgan fingerprint density at radius 2 is 1.75 bits per heavy atom. The fraction of sp³-hybridized carbons (Fsp3) is 0.867. The van der Waals surface area contributed by atoms with Crippen molar-refractivity contribution in [3.8, 4) is 0 Å². The van der Waals surface area contributed by atoms with E-state index in [0.717, 1.165) is 51.4 Å². The van der Waals surface area contributed by atoms with Gasteiger partial charge in [-0.25, -0.2) is 0 Å². The molecule has 2 unspecified atom stereocenters. The number of carbonyl (C=O) groups excluding carboxylic acids is 2. The number of carbonyl (C=O) groups is 2. The van der Waals surface area contributed by atoms with E-state index in [1.807, 2.05) is 6.92 Å². The van der Waals surface area contributed by atoms with Gasteiger partial charge in [0.05, 0.1) is 5.92 Å².